The van der Waals surface area contributed by atoms with Crippen LogP contribution in [0, 0.1) is 12.7 Å². The van der Waals surface area contributed by atoms with Gasteiger partial charge < -0.3 is 10.6 Å². The quantitative estimate of drug-likeness (QED) is 0.737. The van der Waals surface area contributed by atoms with Gasteiger partial charge in [-0.2, -0.15) is 0 Å². The number of rotatable bonds is 4. The largest absolute Gasteiger partial charge is 0.331 e. The minimum absolute atomic E-state index is 0.00828. The third-order valence-corrected chi connectivity index (χ3v) is 3.99. The molecular weight excluding hydrogens is 313 g/mol. The molecule has 1 aromatic heterocycles. The maximum atomic E-state index is 13.6. The summed E-state index contributed by atoms with van der Waals surface area (Å²) in [4.78, 5) is 16.2. The molecule has 0 unspecified atom stereocenters. The predicted octanol–water partition coefficient (Wildman–Crippen LogP) is 4.59. The Morgan fingerprint density at radius 3 is 2.61 bits per heavy atom. The van der Waals surface area contributed by atoms with Crippen LogP contribution < -0.4 is 10.6 Å². The molecule has 116 valence electrons. The first-order valence-electron chi connectivity index (χ1n) is 6.97. The van der Waals surface area contributed by atoms with Crippen molar-refractivity contribution in [3.8, 4) is 0 Å². The normalized spacial score (nSPS) is 10.3. The lowest BCUT2D eigenvalue weighted by atomic mass is 10.2. The molecule has 0 aliphatic heterocycles. The maximum absolute atomic E-state index is 13.6. The Morgan fingerprint density at radius 1 is 1.13 bits per heavy atom. The fraction of sp³-hybridized carbons (Fsp3) is 0.0588. The fourth-order valence-corrected chi connectivity index (χ4v) is 2.71. The molecule has 0 saturated heterocycles. The van der Waals surface area contributed by atoms with Crippen molar-refractivity contribution in [2.75, 3.05) is 10.6 Å². The molecule has 1 heterocycles. The number of aryl methyl sites for hydroxylation is 1. The Labute approximate surface area is 137 Å². The van der Waals surface area contributed by atoms with Crippen LogP contribution in [0.5, 0.6) is 0 Å². The monoisotopic (exact) mass is 327 g/mol. The zero-order valence-corrected chi connectivity index (χ0v) is 13.2. The molecule has 0 bridgehead atoms. The standard InChI is InChI=1S/C17H14FN3OS/c1-11-6-8-12(9-7-11)20-17-19-10-15(23-17)21-16(22)13-4-2-3-5-14(13)18/h2-10H,1H3,(H,19,20)(H,21,22). The van der Waals surface area contributed by atoms with Gasteiger partial charge in [-0.3, -0.25) is 4.79 Å². The topological polar surface area (TPSA) is 54.0 Å². The second-order valence-electron chi connectivity index (χ2n) is 4.95. The van der Waals surface area contributed by atoms with E-state index in [2.05, 4.69) is 15.6 Å². The van der Waals surface area contributed by atoms with E-state index in [1.165, 1.54) is 29.0 Å². The van der Waals surface area contributed by atoms with Crippen molar-refractivity contribution in [1.29, 1.82) is 0 Å². The molecule has 0 saturated carbocycles. The number of amides is 1. The predicted molar refractivity (Wildman–Crippen MR) is 90.9 cm³/mol. The molecule has 0 aliphatic carbocycles. The van der Waals surface area contributed by atoms with E-state index in [0.29, 0.717) is 10.1 Å². The lowest BCUT2D eigenvalue weighted by Gasteiger charge is -2.03. The van der Waals surface area contributed by atoms with Crippen LogP contribution in [-0.4, -0.2) is 10.9 Å². The number of carbonyl (C=O) groups is 1. The summed E-state index contributed by atoms with van der Waals surface area (Å²) in [6.07, 6.45) is 1.54. The summed E-state index contributed by atoms with van der Waals surface area (Å²) in [5.41, 5.74) is 2.10. The molecule has 0 aliphatic rings. The van der Waals surface area contributed by atoms with Gasteiger partial charge >= 0.3 is 0 Å². The van der Waals surface area contributed by atoms with E-state index >= 15 is 0 Å². The van der Waals surface area contributed by atoms with Gasteiger partial charge in [-0.15, -0.1) is 0 Å². The van der Waals surface area contributed by atoms with Gasteiger partial charge in [-0.05, 0) is 31.2 Å². The minimum atomic E-state index is -0.549. The van der Waals surface area contributed by atoms with Crippen molar-refractivity contribution >= 4 is 33.1 Å². The Morgan fingerprint density at radius 2 is 1.87 bits per heavy atom. The van der Waals surface area contributed by atoms with Gasteiger partial charge in [0, 0.05) is 5.69 Å². The van der Waals surface area contributed by atoms with Crippen LogP contribution in [0.4, 0.5) is 20.2 Å². The molecule has 3 rings (SSSR count). The van der Waals surface area contributed by atoms with Crippen molar-refractivity contribution < 1.29 is 9.18 Å². The summed E-state index contributed by atoms with van der Waals surface area (Å²) in [7, 11) is 0. The van der Waals surface area contributed by atoms with Gasteiger partial charge in [0.2, 0.25) is 0 Å². The minimum Gasteiger partial charge on any atom is -0.331 e. The van der Waals surface area contributed by atoms with Gasteiger partial charge in [-0.1, -0.05) is 41.2 Å². The fourth-order valence-electron chi connectivity index (χ4n) is 1.97. The third-order valence-electron chi connectivity index (χ3n) is 3.16. The van der Waals surface area contributed by atoms with Gasteiger partial charge in [0.1, 0.15) is 10.8 Å². The van der Waals surface area contributed by atoms with Crippen LogP contribution >= 0.6 is 11.3 Å². The molecule has 3 aromatic rings. The molecule has 6 heteroatoms. The van der Waals surface area contributed by atoms with Crippen molar-refractivity contribution in [3.05, 3.63) is 71.7 Å². The van der Waals surface area contributed by atoms with Crippen LogP contribution in [0.15, 0.2) is 54.7 Å². The summed E-state index contributed by atoms with van der Waals surface area (Å²) in [6.45, 7) is 2.02. The molecule has 0 radical (unpaired) electrons. The summed E-state index contributed by atoms with van der Waals surface area (Å²) >= 11 is 1.28. The van der Waals surface area contributed by atoms with Gasteiger partial charge in [0.15, 0.2) is 5.13 Å². The summed E-state index contributed by atoms with van der Waals surface area (Å²) in [5.74, 6) is -1.04. The highest BCUT2D eigenvalue weighted by Gasteiger charge is 2.12. The highest BCUT2D eigenvalue weighted by Crippen LogP contribution is 2.27. The highest BCUT2D eigenvalue weighted by molar-refractivity contribution is 7.19. The molecular formula is C17H14FN3OS. The molecule has 2 N–H and O–H groups in total. The van der Waals surface area contributed by atoms with Crippen molar-refractivity contribution in [1.82, 2.24) is 4.98 Å². The Bertz CT molecular complexity index is 830. The lowest BCUT2D eigenvalue weighted by Crippen LogP contribution is -2.12. The number of aromatic nitrogens is 1. The molecule has 2 aromatic carbocycles. The molecule has 23 heavy (non-hydrogen) atoms. The zero-order valence-electron chi connectivity index (χ0n) is 12.3. The number of halogens is 1. The third kappa shape index (κ3) is 3.73. The lowest BCUT2D eigenvalue weighted by molar-refractivity contribution is 0.102. The number of thiazole rings is 1. The van der Waals surface area contributed by atoms with Crippen molar-refractivity contribution in [3.63, 3.8) is 0 Å². The first-order chi connectivity index (χ1) is 11.1. The number of benzene rings is 2. The average molecular weight is 327 g/mol. The Balaban J connectivity index is 1.69. The number of hydrogen-bond donors (Lipinski definition) is 2. The Kier molecular flexibility index (Phi) is 4.34. The number of carbonyl (C=O) groups excluding carboxylic acids is 1. The molecule has 4 nitrogen and oxygen atoms in total. The first-order valence-corrected chi connectivity index (χ1v) is 7.79. The van der Waals surface area contributed by atoms with Gasteiger partial charge in [-0.25, -0.2) is 9.37 Å². The Hall–Kier alpha value is -2.73. The summed E-state index contributed by atoms with van der Waals surface area (Å²) < 4.78 is 13.6. The average Bonchev–Trinajstić information content (AvgIpc) is 2.97. The van der Waals surface area contributed by atoms with E-state index in [1.807, 2.05) is 31.2 Å². The number of nitrogens with one attached hydrogen (secondary N) is 2. The SMILES string of the molecule is Cc1ccc(Nc2ncc(NC(=O)c3ccccc3F)s2)cc1. The van der Waals surface area contributed by atoms with Crippen LogP contribution in [0.3, 0.4) is 0 Å². The number of nitrogens with zero attached hydrogens (tertiary/aromatic N) is 1. The van der Waals surface area contributed by atoms with E-state index in [4.69, 9.17) is 0 Å². The van der Waals surface area contributed by atoms with E-state index in [-0.39, 0.29) is 5.56 Å². The van der Waals surface area contributed by atoms with Crippen LogP contribution in [-0.2, 0) is 0 Å². The zero-order chi connectivity index (χ0) is 16.2. The van der Waals surface area contributed by atoms with E-state index < -0.39 is 11.7 Å². The molecule has 0 fully saturated rings. The van der Waals surface area contributed by atoms with Crippen LogP contribution in [0.1, 0.15) is 15.9 Å². The highest BCUT2D eigenvalue weighted by atomic mass is 32.1. The van der Waals surface area contributed by atoms with Crippen molar-refractivity contribution in [2.24, 2.45) is 0 Å². The smallest absolute Gasteiger partial charge is 0.259 e. The maximum Gasteiger partial charge on any atom is 0.259 e. The number of hydrogen-bond acceptors (Lipinski definition) is 4. The summed E-state index contributed by atoms with van der Waals surface area (Å²) in [6, 6.07) is 13.8. The second kappa shape index (κ2) is 6.58. The van der Waals surface area contributed by atoms with E-state index in [0.717, 1.165) is 5.69 Å². The molecule has 1 amide bonds. The van der Waals surface area contributed by atoms with Gasteiger partial charge in [0.25, 0.3) is 5.91 Å². The van der Waals surface area contributed by atoms with Crippen LogP contribution in [0.2, 0.25) is 0 Å². The van der Waals surface area contributed by atoms with E-state index in [9.17, 15) is 9.18 Å². The second-order valence-corrected chi connectivity index (χ2v) is 5.99. The number of anilines is 3. The summed E-state index contributed by atoms with van der Waals surface area (Å²) in [5, 5.41) is 7.01. The molecule has 0 atom stereocenters. The van der Waals surface area contributed by atoms with Crippen LogP contribution in [0.25, 0.3) is 0 Å². The first kappa shape index (κ1) is 15.2. The molecule has 0 spiro atoms. The van der Waals surface area contributed by atoms with Gasteiger partial charge in [0.05, 0.1) is 11.8 Å². The van der Waals surface area contributed by atoms with Crippen molar-refractivity contribution in [2.45, 2.75) is 6.92 Å². The van der Waals surface area contributed by atoms with E-state index in [1.54, 1.807) is 18.3 Å².